The molecule has 3 atom stereocenters. The van der Waals surface area contributed by atoms with Crippen molar-refractivity contribution in [3.05, 3.63) is 0 Å². The fourth-order valence-corrected chi connectivity index (χ4v) is 1.96. The average molecular weight is 155 g/mol. The summed E-state index contributed by atoms with van der Waals surface area (Å²) in [6.45, 7) is 0. The lowest BCUT2D eigenvalue weighted by Crippen LogP contribution is -2.45. The Morgan fingerprint density at radius 2 is 2.36 bits per heavy atom. The van der Waals surface area contributed by atoms with E-state index in [-0.39, 0.29) is 17.7 Å². The normalized spacial score (nSPS) is 41.5. The molecule has 4 heteroatoms. The third-order valence-electron chi connectivity index (χ3n) is 2.51. The van der Waals surface area contributed by atoms with Crippen LogP contribution in [0.25, 0.3) is 0 Å². The van der Waals surface area contributed by atoms with Gasteiger partial charge in [0, 0.05) is 6.42 Å². The molecule has 1 saturated heterocycles. The second kappa shape index (κ2) is 2.04. The van der Waals surface area contributed by atoms with Crippen LogP contribution in [0.4, 0.5) is 0 Å². The summed E-state index contributed by atoms with van der Waals surface area (Å²) in [7, 11) is 0. The molecular weight excluding hydrogens is 146 g/mol. The van der Waals surface area contributed by atoms with E-state index in [2.05, 4.69) is 5.32 Å². The van der Waals surface area contributed by atoms with Crippen LogP contribution in [0.15, 0.2) is 0 Å². The number of Topliss-reactive ketones (excluding diaryl/α,β-unsaturated/α-hetero) is 1. The Labute approximate surface area is 63.6 Å². The second-order valence-corrected chi connectivity index (χ2v) is 3.20. The van der Waals surface area contributed by atoms with Gasteiger partial charge in [-0.25, -0.2) is 0 Å². The number of carboxylic acid groups (broad SMARTS) is 1. The molecule has 0 unspecified atom stereocenters. The van der Waals surface area contributed by atoms with Crippen molar-refractivity contribution in [1.82, 2.24) is 5.32 Å². The van der Waals surface area contributed by atoms with Crippen molar-refractivity contribution in [2.75, 3.05) is 0 Å². The maximum Gasteiger partial charge on any atom is 0.321 e. The molecule has 0 aromatic rings. The number of carbonyl (C=O) groups excluding carboxylic acids is 1. The number of rotatable bonds is 1. The van der Waals surface area contributed by atoms with Crippen LogP contribution in [0.2, 0.25) is 0 Å². The molecule has 1 heterocycles. The van der Waals surface area contributed by atoms with E-state index in [0.717, 1.165) is 6.42 Å². The number of ketones is 1. The highest BCUT2D eigenvalue weighted by Crippen LogP contribution is 2.32. The molecule has 0 amide bonds. The highest BCUT2D eigenvalue weighted by molar-refractivity contribution is 5.90. The van der Waals surface area contributed by atoms with Crippen molar-refractivity contribution in [3.63, 3.8) is 0 Å². The van der Waals surface area contributed by atoms with Crippen molar-refractivity contribution in [3.8, 4) is 0 Å². The smallest absolute Gasteiger partial charge is 0.321 e. The molecular formula is C7H9NO3. The van der Waals surface area contributed by atoms with Crippen LogP contribution in [-0.4, -0.2) is 28.9 Å². The summed E-state index contributed by atoms with van der Waals surface area (Å²) in [6, 6.07) is -0.640. The molecule has 2 aliphatic rings. The number of hydrogen-bond acceptors (Lipinski definition) is 3. The molecule has 0 aromatic heterocycles. The second-order valence-electron chi connectivity index (χ2n) is 3.20. The number of piperidine rings is 1. The summed E-state index contributed by atoms with van der Waals surface area (Å²) in [4.78, 5) is 21.5. The van der Waals surface area contributed by atoms with Gasteiger partial charge in [-0.1, -0.05) is 0 Å². The minimum Gasteiger partial charge on any atom is -0.480 e. The number of carboxylic acids is 1. The predicted molar refractivity (Wildman–Crippen MR) is 36.1 cm³/mol. The summed E-state index contributed by atoms with van der Waals surface area (Å²) in [5.74, 6) is -0.609. The molecule has 2 bridgehead atoms. The quantitative estimate of drug-likeness (QED) is 0.530. The Hall–Kier alpha value is -0.900. The number of hydrogen-bond donors (Lipinski definition) is 2. The van der Waals surface area contributed by atoms with E-state index in [1.54, 1.807) is 0 Å². The molecule has 2 N–H and O–H groups in total. The van der Waals surface area contributed by atoms with Gasteiger partial charge in [-0.05, 0) is 12.3 Å². The lowest BCUT2D eigenvalue weighted by atomic mass is 10.0. The zero-order valence-corrected chi connectivity index (χ0v) is 5.91. The predicted octanol–water partition coefficient (Wildman–Crippen LogP) is -0.609. The zero-order chi connectivity index (χ0) is 8.01. The van der Waals surface area contributed by atoms with E-state index in [1.807, 2.05) is 0 Å². The topological polar surface area (TPSA) is 66.4 Å². The van der Waals surface area contributed by atoms with E-state index >= 15 is 0 Å². The Bertz CT molecular complexity index is 226. The molecule has 0 radical (unpaired) electrons. The van der Waals surface area contributed by atoms with Gasteiger partial charge in [0.15, 0.2) is 0 Å². The molecule has 60 valence electrons. The SMILES string of the molecule is O=C1C[C@@H]2C[C@H]1N[C@H]2C(=O)O. The maximum absolute atomic E-state index is 10.9. The number of carbonyl (C=O) groups is 2. The maximum atomic E-state index is 10.9. The number of nitrogens with one attached hydrogen (secondary N) is 1. The Morgan fingerprint density at radius 1 is 1.64 bits per heavy atom. The summed E-state index contributed by atoms with van der Waals surface area (Å²) in [6.07, 6.45) is 1.17. The highest BCUT2D eigenvalue weighted by Gasteiger charge is 2.47. The van der Waals surface area contributed by atoms with Crippen molar-refractivity contribution < 1.29 is 14.7 Å². The molecule has 0 aromatic carbocycles. The number of fused-ring (bicyclic) bond motifs is 2. The molecule has 11 heavy (non-hydrogen) atoms. The fourth-order valence-electron chi connectivity index (χ4n) is 1.96. The summed E-state index contributed by atoms with van der Waals surface area (Å²) in [5.41, 5.74) is 0. The van der Waals surface area contributed by atoms with E-state index in [1.165, 1.54) is 0 Å². The van der Waals surface area contributed by atoms with Gasteiger partial charge in [0.05, 0.1) is 6.04 Å². The lowest BCUT2D eigenvalue weighted by molar-refractivity contribution is -0.141. The van der Waals surface area contributed by atoms with Crippen molar-refractivity contribution in [2.45, 2.75) is 24.9 Å². The van der Waals surface area contributed by atoms with Gasteiger partial charge in [-0.15, -0.1) is 0 Å². The Morgan fingerprint density at radius 3 is 2.73 bits per heavy atom. The van der Waals surface area contributed by atoms with Gasteiger partial charge in [-0.3, -0.25) is 14.9 Å². The van der Waals surface area contributed by atoms with Crippen LogP contribution in [0.1, 0.15) is 12.8 Å². The molecule has 1 aliphatic carbocycles. The van der Waals surface area contributed by atoms with Gasteiger partial charge in [0.25, 0.3) is 0 Å². The molecule has 2 fully saturated rings. The first-order chi connectivity index (χ1) is 5.18. The van der Waals surface area contributed by atoms with Gasteiger partial charge in [-0.2, -0.15) is 0 Å². The standard InChI is InChI=1S/C7H9NO3/c9-5-2-3-1-4(5)8-6(3)7(10)11/h3-4,6,8H,1-2H2,(H,10,11)/t3-,4+,6+/m0/s1. The third-order valence-corrected chi connectivity index (χ3v) is 2.51. The van der Waals surface area contributed by atoms with Gasteiger partial charge in [0.1, 0.15) is 11.8 Å². The summed E-state index contributed by atoms with van der Waals surface area (Å²) < 4.78 is 0. The summed E-state index contributed by atoms with van der Waals surface area (Å²) >= 11 is 0. The Balaban J connectivity index is 2.14. The molecule has 0 spiro atoms. The van der Waals surface area contributed by atoms with Crippen molar-refractivity contribution in [1.29, 1.82) is 0 Å². The van der Waals surface area contributed by atoms with Crippen LogP contribution in [0.3, 0.4) is 0 Å². The molecule has 1 saturated carbocycles. The third kappa shape index (κ3) is 0.860. The van der Waals surface area contributed by atoms with Gasteiger partial charge < -0.3 is 5.11 Å². The van der Waals surface area contributed by atoms with Crippen LogP contribution >= 0.6 is 0 Å². The van der Waals surface area contributed by atoms with Crippen LogP contribution in [0.5, 0.6) is 0 Å². The first kappa shape index (κ1) is 6.79. The minimum absolute atomic E-state index is 0.0463. The van der Waals surface area contributed by atoms with Crippen LogP contribution in [0, 0.1) is 5.92 Å². The highest BCUT2D eigenvalue weighted by atomic mass is 16.4. The van der Waals surface area contributed by atoms with E-state index in [0.29, 0.717) is 6.42 Å². The van der Waals surface area contributed by atoms with Gasteiger partial charge in [0.2, 0.25) is 0 Å². The Kier molecular flexibility index (Phi) is 1.26. The minimum atomic E-state index is -0.829. The zero-order valence-electron chi connectivity index (χ0n) is 5.91. The van der Waals surface area contributed by atoms with Crippen molar-refractivity contribution >= 4 is 11.8 Å². The largest absolute Gasteiger partial charge is 0.480 e. The monoisotopic (exact) mass is 155 g/mol. The first-order valence-electron chi connectivity index (χ1n) is 3.70. The van der Waals surface area contributed by atoms with Crippen LogP contribution in [-0.2, 0) is 9.59 Å². The van der Waals surface area contributed by atoms with E-state index in [9.17, 15) is 9.59 Å². The van der Waals surface area contributed by atoms with E-state index < -0.39 is 12.0 Å². The van der Waals surface area contributed by atoms with Crippen LogP contribution < -0.4 is 5.32 Å². The number of aliphatic carboxylic acids is 1. The molecule has 2 rings (SSSR count). The molecule has 1 aliphatic heterocycles. The van der Waals surface area contributed by atoms with Gasteiger partial charge >= 0.3 is 5.97 Å². The lowest BCUT2D eigenvalue weighted by Gasteiger charge is -2.17. The first-order valence-corrected chi connectivity index (χ1v) is 3.70. The molecule has 4 nitrogen and oxygen atoms in total. The average Bonchev–Trinajstić information content (AvgIpc) is 2.43. The van der Waals surface area contributed by atoms with Crippen molar-refractivity contribution in [2.24, 2.45) is 5.92 Å². The fraction of sp³-hybridized carbons (Fsp3) is 0.714. The van der Waals surface area contributed by atoms with E-state index in [4.69, 9.17) is 5.11 Å². The summed E-state index contributed by atoms with van der Waals surface area (Å²) in [5, 5.41) is 11.4.